The maximum absolute atomic E-state index is 5.60. The van der Waals surface area contributed by atoms with Gasteiger partial charge in [-0.05, 0) is 5.56 Å². The Kier molecular flexibility index (Phi) is 2.93. The van der Waals surface area contributed by atoms with Gasteiger partial charge in [0.25, 0.3) is 0 Å². The Morgan fingerprint density at radius 1 is 1.25 bits per heavy atom. The van der Waals surface area contributed by atoms with Gasteiger partial charge in [0.2, 0.25) is 5.89 Å². The highest BCUT2D eigenvalue weighted by atomic mass is 16.4. The molecule has 6 nitrogen and oxygen atoms in total. The van der Waals surface area contributed by atoms with Crippen LogP contribution in [0.1, 0.15) is 32.2 Å². The fourth-order valence-corrected chi connectivity index (χ4v) is 1.95. The number of aromatic nitrogens is 4. The highest BCUT2D eigenvalue weighted by molar-refractivity contribution is 5.81. The largest absolute Gasteiger partial charge is 0.408 e. The van der Waals surface area contributed by atoms with E-state index in [1.165, 1.54) is 0 Å². The third-order valence-corrected chi connectivity index (χ3v) is 3.06. The number of fused-ring (bicyclic) bond motifs is 1. The van der Waals surface area contributed by atoms with Crippen LogP contribution in [0.5, 0.6) is 0 Å². The number of rotatable bonds is 3. The first-order chi connectivity index (χ1) is 9.54. The molecule has 0 bridgehead atoms. The fraction of sp³-hybridized carbons (Fsp3) is 0.357. The Morgan fingerprint density at radius 3 is 2.85 bits per heavy atom. The summed E-state index contributed by atoms with van der Waals surface area (Å²) in [5.41, 5.74) is 1.99. The molecular weight excluding hydrogens is 254 g/mol. The summed E-state index contributed by atoms with van der Waals surface area (Å²) in [6, 6.07) is 6.50. The first-order valence-corrected chi connectivity index (χ1v) is 6.53. The van der Waals surface area contributed by atoms with E-state index in [1.54, 1.807) is 0 Å². The number of hydrogen-bond donors (Lipinski definition) is 2. The molecule has 2 N–H and O–H groups in total. The zero-order chi connectivity index (χ0) is 14.2. The highest BCUT2D eigenvalue weighted by Crippen LogP contribution is 2.22. The van der Waals surface area contributed by atoms with Gasteiger partial charge in [-0.2, -0.15) is 5.10 Å². The van der Waals surface area contributed by atoms with Crippen LogP contribution >= 0.6 is 0 Å². The van der Waals surface area contributed by atoms with Crippen LogP contribution < -0.4 is 5.32 Å². The van der Waals surface area contributed by atoms with E-state index < -0.39 is 0 Å². The van der Waals surface area contributed by atoms with E-state index in [-0.39, 0.29) is 5.41 Å². The second kappa shape index (κ2) is 4.63. The summed E-state index contributed by atoms with van der Waals surface area (Å²) in [6.45, 7) is 6.71. The van der Waals surface area contributed by atoms with Crippen molar-refractivity contribution in [2.45, 2.75) is 32.7 Å². The van der Waals surface area contributed by atoms with Crippen molar-refractivity contribution < 1.29 is 4.42 Å². The van der Waals surface area contributed by atoms with Gasteiger partial charge in [0.1, 0.15) is 0 Å². The first kappa shape index (κ1) is 12.7. The molecular formula is C14H17N5O. The van der Waals surface area contributed by atoms with Gasteiger partial charge in [-0.1, -0.05) is 44.1 Å². The average Bonchev–Trinajstić information content (AvgIpc) is 3.04. The lowest BCUT2D eigenvalue weighted by atomic mass is 9.97. The standard InChI is InChI=1S/C14H17N5O/c1-14(2,3)12-18-19-13(20-12)15-7-9-5-4-6-10-8-16-17-11(9)10/h4-6,8H,7H2,1-3H3,(H,15,19)(H,16,17). The molecule has 0 saturated heterocycles. The van der Waals surface area contributed by atoms with E-state index in [9.17, 15) is 0 Å². The van der Waals surface area contributed by atoms with Crippen molar-refractivity contribution in [3.8, 4) is 0 Å². The molecule has 0 spiro atoms. The van der Waals surface area contributed by atoms with E-state index in [0.717, 1.165) is 16.5 Å². The van der Waals surface area contributed by atoms with E-state index in [2.05, 4.69) is 25.7 Å². The fourth-order valence-electron chi connectivity index (χ4n) is 1.95. The van der Waals surface area contributed by atoms with Gasteiger partial charge in [-0.15, -0.1) is 5.10 Å². The van der Waals surface area contributed by atoms with Crippen LogP contribution in [0.4, 0.5) is 6.01 Å². The molecule has 3 aromatic rings. The topological polar surface area (TPSA) is 79.6 Å². The third-order valence-electron chi connectivity index (χ3n) is 3.06. The van der Waals surface area contributed by atoms with Gasteiger partial charge in [0.15, 0.2) is 0 Å². The Labute approximate surface area is 116 Å². The molecule has 0 saturated carbocycles. The molecule has 0 aliphatic rings. The maximum atomic E-state index is 5.60. The van der Waals surface area contributed by atoms with Crippen LogP contribution in [0.15, 0.2) is 28.8 Å². The molecule has 2 aromatic heterocycles. The lowest BCUT2D eigenvalue weighted by Gasteiger charge is -2.11. The number of hydrogen-bond acceptors (Lipinski definition) is 5. The van der Waals surface area contributed by atoms with Crippen LogP contribution in [0.2, 0.25) is 0 Å². The van der Waals surface area contributed by atoms with Crippen LogP contribution in [0.25, 0.3) is 10.9 Å². The van der Waals surface area contributed by atoms with Crippen LogP contribution in [-0.2, 0) is 12.0 Å². The first-order valence-electron chi connectivity index (χ1n) is 6.53. The van der Waals surface area contributed by atoms with Gasteiger partial charge < -0.3 is 9.73 Å². The number of para-hydroxylation sites is 1. The van der Waals surface area contributed by atoms with Crippen molar-refractivity contribution in [1.82, 2.24) is 20.4 Å². The molecule has 0 atom stereocenters. The molecule has 0 fully saturated rings. The Balaban J connectivity index is 1.76. The summed E-state index contributed by atoms with van der Waals surface area (Å²) in [6.07, 6.45) is 1.81. The molecule has 0 aliphatic heterocycles. The molecule has 3 rings (SSSR count). The van der Waals surface area contributed by atoms with Crippen LogP contribution in [-0.4, -0.2) is 20.4 Å². The SMILES string of the molecule is CC(C)(C)c1nnc(NCc2cccc3cn[nH]c23)o1. The summed E-state index contributed by atoms with van der Waals surface area (Å²) in [5, 5.41) is 19.3. The minimum absolute atomic E-state index is 0.143. The molecule has 20 heavy (non-hydrogen) atoms. The normalized spacial score (nSPS) is 11.9. The smallest absolute Gasteiger partial charge is 0.315 e. The predicted octanol–water partition coefficient (Wildman–Crippen LogP) is 2.86. The monoisotopic (exact) mass is 271 g/mol. The number of nitrogens with one attached hydrogen (secondary N) is 2. The molecule has 0 radical (unpaired) electrons. The molecule has 0 amide bonds. The number of nitrogens with zero attached hydrogens (tertiary/aromatic N) is 3. The maximum Gasteiger partial charge on any atom is 0.315 e. The molecule has 0 unspecified atom stereocenters. The second-order valence-corrected chi connectivity index (χ2v) is 5.77. The Morgan fingerprint density at radius 2 is 2.10 bits per heavy atom. The molecule has 6 heteroatoms. The van der Waals surface area contributed by atoms with Crippen molar-refractivity contribution in [3.05, 3.63) is 35.9 Å². The molecule has 0 aliphatic carbocycles. The van der Waals surface area contributed by atoms with Crippen molar-refractivity contribution in [2.24, 2.45) is 0 Å². The molecule has 104 valence electrons. The van der Waals surface area contributed by atoms with Crippen molar-refractivity contribution >= 4 is 16.9 Å². The summed E-state index contributed by atoms with van der Waals surface area (Å²) in [4.78, 5) is 0. The van der Waals surface area contributed by atoms with Gasteiger partial charge in [-0.3, -0.25) is 5.10 Å². The van der Waals surface area contributed by atoms with Crippen molar-refractivity contribution in [3.63, 3.8) is 0 Å². The molecule has 1 aromatic carbocycles. The quantitative estimate of drug-likeness (QED) is 0.765. The predicted molar refractivity (Wildman–Crippen MR) is 76.4 cm³/mol. The highest BCUT2D eigenvalue weighted by Gasteiger charge is 2.21. The summed E-state index contributed by atoms with van der Waals surface area (Å²) in [7, 11) is 0. The second-order valence-electron chi connectivity index (χ2n) is 5.77. The zero-order valence-electron chi connectivity index (χ0n) is 11.8. The third kappa shape index (κ3) is 2.36. The average molecular weight is 271 g/mol. The Bertz CT molecular complexity index is 722. The van der Waals surface area contributed by atoms with Crippen LogP contribution in [0.3, 0.4) is 0 Å². The number of anilines is 1. The summed E-state index contributed by atoms with van der Waals surface area (Å²) < 4.78 is 5.60. The van der Waals surface area contributed by atoms with E-state index in [4.69, 9.17) is 4.42 Å². The number of H-pyrrole nitrogens is 1. The summed E-state index contributed by atoms with van der Waals surface area (Å²) >= 11 is 0. The lowest BCUT2D eigenvalue weighted by molar-refractivity contribution is 0.399. The van der Waals surface area contributed by atoms with Gasteiger partial charge >= 0.3 is 6.01 Å². The minimum atomic E-state index is -0.143. The zero-order valence-corrected chi connectivity index (χ0v) is 11.8. The van der Waals surface area contributed by atoms with E-state index in [0.29, 0.717) is 18.5 Å². The lowest BCUT2D eigenvalue weighted by Crippen LogP contribution is -2.11. The van der Waals surface area contributed by atoms with E-state index >= 15 is 0 Å². The number of benzene rings is 1. The summed E-state index contributed by atoms with van der Waals surface area (Å²) in [5.74, 6) is 0.625. The minimum Gasteiger partial charge on any atom is -0.408 e. The number of aromatic amines is 1. The van der Waals surface area contributed by atoms with E-state index in [1.807, 2.05) is 45.2 Å². The van der Waals surface area contributed by atoms with Gasteiger partial charge in [-0.25, -0.2) is 0 Å². The van der Waals surface area contributed by atoms with Crippen LogP contribution in [0, 0.1) is 0 Å². The van der Waals surface area contributed by atoms with Crippen molar-refractivity contribution in [1.29, 1.82) is 0 Å². The molecule has 2 heterocycles. The van der Waals surface area contributed by atoms with Gasteiger partial charge in [0, 0.05) is 17.3 Å². The van der Waals surface area contributed by atoms with Gasteiger partial charge in [0.05, 0.1) is 11.7 Å². The Hall–Kier alpha value is -2.37. The van der Waals surface area contributed by atoms with Crippen molar-refractivity contribution in [2.75, 3.05) is 5.32 Å².